The molecular formula is C28H27ClFN3O2. The molecule has 0 fully saturated rings. The van der Waals surface area contributed by atoms with Crippen LogP contribution < -0.4 is 10.2 Å². The lowest BCUT2D eigenvalue weighted by atomic mass is 9.98. The topological polar surface area (TPSA) is 61.8 Å². The van der Waals surface area contributed by atoms with Crippen LogP contribution in [0.5, 0.6) is 0 Å². The van der Waals surface area contributed by atoms with Crippen molar-refractivity contribution >= 4 is 40.5 Å². The number of carbonyl (C=O) groups excluding carboxylic acids is 2. The van der Waals surface area contributed by atoms with Gasteiger partial charge in [0.1, 0.15) is 18.4 Å². The van der Waals surface area contributed by atoms with Gasteiger partial charge in [-0.25, -0.2) is 4.39 Å². The summed E-state index contributed by atoms with van der Waals surface area (Å²) >= 11 is 6.36. The molecule has 4 rings (SSSR count). The lowest BCUT2D eigenvalue weighted by Gasteiger charge is -2.26. The third-order valence-electron chi connectivity index (χ3n) is 6.28. The van der Waals surface area contributed by atoms with E-state index in [2.05, 4.69) is 5.32 Å². The molecule has 0 saturated carbocycles. The fourth-order valence-electron chi connectivity index (χ4n) is 4.07. The summed E-state index contributed by atoms with van der Waals surface area (Å²) in [5.74, 6) is -1.17. The van der Waals surface area contributed by atoms with E-state index in [4.69, 9.17) is 16.6 Å². The van der Waals surface area contributed by atoms with E-state index in [9.17, 15) is 14.0 Å². The second-order valence-corrected chi connectivity index (χ2v) is 9.21. The van der Waals surface area contributed by atoms with Gasteiger partial charge in [0.15, 0.2) is 0 Å². The van der Waals surface area contributed by atoms with E-state index in [0.717, 1.165) is 12.0 Å². The Morgan fingerprint density at radius 2 is 1.89 bits per heavy atom. The third-order valence-corrected chi connectivity index (χ3v) is 6.51. The van der Waals surface area contributed by atoms with Crippen molar-refractivity contribution in [2.75, 3.05) is 16.8 Å². The van der Waals surface area contributed by atoms with Gasteiger partial charge in [0.25, 0.3) is 5.91 Å². The Bertz CT molecular complexity index is 1290. The molecule has 0 bridgehead atoms. The number of nitrogens with one attached hydrogen (secondary N) is 1. The molecule has 1 heterocycles. The SMILES string of the molecule is CC[C@H](C)[C@@H]1N=C(c2ccccc2)c2cc(Cl)ccc2N(CC(=O)Nc2ccc(C)c(F)c2)C1=O. The molecule has 0 saturated heterocycles. The highest BCUT2D eigenvalue weighted by Crippen LogP contribution is 2.33. The molecule has 7 heteroatoms. The first-order valence-corrected chi connectivity index (χ1v) is 12.0. The van der Waals surface area contributed by atoms with Gasteiger partial charge in [-0.1, -0.05) is 68.3 Å². The summed E-state index contributed by atoms with van der Waals surface area (Å²) in [6.07, 6.45) is 0.738. The maximum Gasteiger partial charge on any atom is 0.252 e. The summed E-state index contributed by atoms with van der Waals surface area (Å²) in [4.78, 5) is 33.2. The number of benzodiazepines with no additional fused rings is 1. The molecule has 0 spiro atoms. The Balaban J connectivity index is 1.76. The van der Waals surface area contributed by atoms with Gasteiger partial charge >= 0.3 is 0 Å². The maximum absolute atomic E-state index is 14.0. The normalized spacial score (nSPS) is 16.3. The van der Waals surface area contributed by atoms with Crippen LogP contribution in [0.3, 0.4) is 0 Å². The largest absolute Gasteiger partial charge is 0.324 e. The maximum atomic E-state index is 14.0. The number of nitrogens with zero attached hydrogens (tertiary/aromatic N) is 2. The van der Waals surface area contributed by atoms with Crippen LogP contribution in [0.4, 0.5) is 15.8 Å². The molecule has 2 atom stereocenters. The van der Waals surface area contributed by atoms with E-state index in [1.165, 1.54) is 11.0 Å². The number of hydrogen-bond acceptors (Lipinski definition) is 3. The smallest absolute Gasteiger partial charge is 0.252 e. The summed E-state index contributed by atoms with van der Waals surface area (Å²) < 4.78 is 14.0. The first kappa shape index (κ1) is 24.6. The van der Waals surface area contributed by atoms with Crippen LogP contribution in [0.2, 0.25) is 5.02 Å². The lowest BCUT2D eigenvalue weighted by molar-refractivity contribution is -0.123. The Labute approximate surface area is 209 Å². The predicted octanol–water partition coefficient (Wildman–Crippen LogP) is 6.02. The number of halogens is 2. The highest BCUT2D eigenvalue weighted by atomic mass is 35.5. The summed E-state index contributed by atoms with van der Waals surface area (Å²) in [7, 11) is 0. The monoisotopic (exact) mass is 491 g/mol. The van der Waals surface area contributed by atoms with E-state index in [1.807, 2.05) is 44.2 Å². The second kappa shape index (κ2) is 10.4. The minimum absolute atomic E-state index is 0.0530. The fourth-order valence-corrected chi connectivity index (χ4v) is 4.25. The zero-order valence-corrected chi connectivity index (χ0v) is 20.6. The molecule has 3 aromatic rings. The van der Waals surface area contributed by atoms with Gasteiger partial charge in [-0.2, -0.15) is 0 Å². The van der Waals surface area contributed by atoms with Crippen molar-refractivity contribution in [2.45, 2.75) is 33.2 Å². The van der Waals surface area contributed by atoms with Crippen molar-refractivity contribution in [3.05, 3.63) is 94.3 Å². The van der Waals surface area contributed by atoms with Crippen LogP contribution in [0.15, 0.2) is 71.7 Å². The molecule has 3 aromatic carbocycles. The Kier molecular flexibility index (Phi) is 7.31. The zero-order valence-electron chi connectivity index (χ0n) is 19.9. The number of anilines is 2. The molecule has 1 N–H and O–H groups in total. The molecule has 1 aliphatic rings. The highest BCUT2D eigenvalue weighted by Gasteiger charge is 2.35. The first-order valence-electron chi connectivity index (χ1n) is 11.6. The first-order chi connectivity index (χ1) is 16.8. The van der Waals surface area contributed by atoms with Crippen molar-refractivity contribution in [1.82, 2.24) is 0 Å². The van der Waals surface area contributed by atoms with E-state index < -0.39 is 17.8 Å². The molecule has 0 radical (unpaired) electrons. The molecular weight excluding hydrogens is 465 g/mol. The van der Waals surface area contributed by atoms with Gasteiger partial charge in [-0.15, -0.1) is 0 Å². The van der Waals surface area contributed by atoms with Crippen molar-refractivity contribution < 1.29 is 14.0 Å². The van der Waals surface area contributed by atoms with Gasteiger partial charge < -0.3 is 10.2 Å². The van der Waals surface area contributed by atoms with Gasteiger partial charge in [-0.05, 0) is 48.7 Å². The number of aryl methyl sites for hydroxylation is 1. The Hall–Kier alpha value is -3.51. The summed E-state index contributed by atoms with van der Waals surface area (Å²) in [6.45, 7) is 5.39. The molecule has 0 aromatic heterocycles. The van der Waals surface area contributed by atoms with Crippen molar-refractivity contribution in [3.8, 4) is 0 Å². The lowest BCUT2D eigenvalue weighted by Crippen LogP contribution is -2.44. The van der Waals surface area contributed by atoms with Gasteiger partial charge in [0.05, 0.1) is 11.4 Å². The standard InChI is InChI=1S/C28H27ClFN3O2/c1-4-17(2)26-28(35)33(16-25(34)31-21-12-10-18(3)23(30)15-21)24-13-11-20(29)14-22(24)27(32-26)19-8-6-5-7-9-19/h5-15,17,26H,4,16H2,1-3H3,(H,31,34)/t17-,26-/m0/s1. The van der Waals surface area contributed by atoms with Crippen molar-refractivity contribution in [2.24, 2.45) is 10.9 Å². The minimum atomic E-state index is -0.675. The summed E-state index contributed by atoms with van der Waals surface area (Å²) in [5, 5.41) is 3.21. The molecule has 35 heavy (non-hydrogen) atoms. The van der Waals surface area contributed by atoms with Crippen LogP contribution in [-0.2, 0) is 9.59 Å². The molecule has 180 valence electrons. The van der Waals surface area contributed by atoms with E-state index in [-0.39, 0.29) is 18.4 Å². The average molecular weight is 492 g/mol. The molecule has 2 amide bonds. The van der Waals surface area contributed by atoms with Crippen LogP contribution in [0.1, 0.15) is 37.0 Å². The van der Waals surface area contributed by atoms with Gasteiger partial charge in [-0.3, -0.25) is 14.6 Å². The van der Waals surface area contributed by atoms with Crippen molar-refractivity contribution in [3.63, 3.8) is 0 Å². The number of carbonyl (C=O) groups is 2. The summed E-state index contributed by atoms with van der Waals surface area (Å²) in [5.41, 5.74) is 3.56. The van der Waals surface area contributed by atoms with Crippen LogP contribution >= 0.6 is 11.6 Å². The van der Waals surface area contributed by atoms with Crippen molar-refractivity contribution in [1.29, 1.82) is 0 Å². The van der Waals surface area contributed by atoms with Crippen LogP contribution in [0, 0.1) is 18.7 Å². The second-order valence-electron chi connectivity index (χ2n) is 8.77. The number of fused-ring (bicyclic) bond motifs is 1. The third kappa shape index (κ3) is 5.28. The molecule has 0 aliphatic carbocycles. The van der Waals surface area contributed by atoms with E-state index in [0.29, 0.717) is 33.2 Å². The molecule has 5 nitrogen and oxygen atoms in total. The predicted molar refractivity (Wildman–Crippen MR) is 139 cm³/mol. The number of hydrogen-bond donors (Lipinski definition) is 1. The minimum Gasteiger partial charge on any atom is -0.324 e. The molecule has 1 aliphatic heterocycles. The number of rotatable bonds is 6. The van der Waals surface area contributed by atoms with Gasteiger partial charge in [0.2, 0.25) is 5.91 Å². The van der Waals surface area contributed by atoms with E-state index in [1.54, 1.807) is 37.3 Å². The molecule has 0 unspecified atom stereocenters. The quantitative estimate of drug-likeness (QED) is 0.458. The highest BCUT2D eigenvalue weighted by molar-refractivity contribution is 6.32. The zero-order chi connectivity index (χ0) is 25.1. The van der Waals surface area contributed by atoms with Crippen LogP contribution in [0.25, 0.3) is 0 Å². The number of benzene rings is 3. The summed E-state index contributed by atoms with van der Waals surface area (Å²) in [6, 6.07) is 18.7. The van der Waals surface area contributed by atoms with E-state index >= 15 is 0 Å². The average Bonchev–Trinajstić information content (AvgIpc) is 2.96. The van der Waals surface area contributed by atoms with Crippen LogP contribution in [-0.4, -0.2) is 30.1 Å². The fraction of sp³-hybridized carbons (Fsp3) is 0.250. The Morgan fingerprint density at radius 1 is 1.14 bits per heavy atom. The number of amides is 2. The van der Waals surface area contributed by atoms with Gasteiger partial charge in [0, 0.05) is 21.8 Å². The Morgan fingerprint density at radius 3 is 2.57 bits per heavy atom. The number of aliphatic imine (C=N–C) groups is 1.